The van der Waals surface area contributed by atoms with E-state index in [2.05, 4.69) is 27.9 Å². The van der Waals surface area contributed by atoms with E-state index in [1.54, 1.807) is 6.08 Å². The second-order valence-corrected chi connectivity index (χ2v) is 8.05. The number of amides is 1. The van der Waals surface area contributed by atoms with Gasteiger partial charge >= 0.3 is 0 Å². The fourth-order valence-corrected chi connectivity index (χ4v) is 3.49. The molecule has 0 aliphatic rings. The van der Waals surface area contributed by atoms with Gasteiger partial charge in [0.25, 0.3) is 5.91 Å². The zero-order valence-electron chi connectivity index (χ0n) is 16.8. The number of carbonyl (C=O) groups excluding carboxylic acids is 1. The number of hydrogen-bond acceptors (Lipinski definition) is 3. The Kier molecular flexibility index (Phi) is 7.26. The third-order valence-corrected chi connectivity index (χ3v) is 5.48. The highest BCUT2D eigenvalue weighted by Crippen LogP contribution is 2.24. The van der Waals surface area contributed by atoms with Crippen molar-refractivity contribution < 1.29 is 9.53 Å². The molecule has 0 atom stereocenters. The average Bonchev–Trinajstić information content (AvgIpc) is 2.74. The van der Waals surface area contributed by atoms with E-state index in [9.17, 15) is 10.1 Å². The van der Waals surface area contributed by atoms with E-state index in [1.807, 2.05) is 86.6 Å². The number of aryl methyl sites for hydroxylation is 2. The molecule has 0 bridgehead atoms. The summed E-state index contributed by atoms with van der Waals surface area (Å²) >= 11 is 2.19. The van der Waals surface area contributed by atoms with Gasteiger partial charge in [-0.2, -0.15) is 5.26 Å². The quantitative estimate of drug-likeness (QED) is 0.251. The van der Waals surface area contributed by atoms with Gasteiger partial charge in [-0.05, 0) is 89.0 Å². The van der Waals surface area contributed by atoms with E-state index in [1.165, 1.54) is 0 Å². The van der Waals surface area contributed by atoms with E-state index >= 15 is 0 Å². The normalized spacial score (nSPS) is 10.9. The Morgan fingerprint density at radius 2 is 1.83 bits per heavy atom. The van der Waals surface area contributed by atoms with Crippen molar-refractivity contribution in [3.63, 3.8) is 0 Å². The summed E-state index contributed by atoms with van der Waals surface area (Å²) in [4.78, 5) is 12.5. The Bertz CT molecular complexity index is 1130. The number of carbonyl (C=O) groups is 1. The van der Waals surface area contributed by atoms with Gasteiger partial charge in [0.2, 0.25) is 0 Å². The van der Waals surface area contributed by atoms with Gasteiger partial charge in [-0.3, -0.25) is 4.79 Å². The summed E-state index contributed by atoms with van der Waals surface area (Å²) in [6.07, 6.45) is 1.58. The largest absolute Gasteiger partial charge is 0.488 e. The summed E-state index contributed by atoms with van der Waals surface area (Å²) < 4.78 is 6.79. The first-order valence-electron chi connectivity index (χ1n) is 9.43. The van der Waals surface area contributed by atoms with E-state index in [0.29, 0.717) is 12.3 Å². The van der Waals surface area contributed by atoms with Gasteiger partial charge < -0.3 is 10.1 Å². The SMILES string of the molecule is Cc1ccc(NC(=O)/C(C#N)=C/c2ccc(OCc3ccccc3)c(I)c2)cc1C. The van der Waals surface area contributed by atoms with E-state index in [0.717, 1.165) is 31.6 Å². The molecular weight excluding hydrogens is 487 g/mol. The first-order valence-corrected chi connectivity index (χ1v) is 10.5. The molecule has 0 radical (unpaired) electrons. The topological polar surface area (TPSA) is 62.1 Å². The number of ether oxygens (including phenoxy) is 1. The molecule has 3 aromatic carbocycles. The molecule has 5 heteroatoms. The van der Waals surface area contributed by atoms with Crippen molar-refractivity contribution in [2.24, 2.45) is 0 Å². The van der Waals surface area contributed by atoms with Crippen molar-refractivity contribution in [1.82, 2.24) is 0 Å². The lowest BCUT2D eigenvalue weighted by atomic mass is 10.1. The molecule has 3 aromatic rings. The van der Waals surface area contributed by atoms with Crippen LogP contribution in [-0.4, -0.2) is 5.91 Å². The zero-order valence-corrected chi connectivity index (χ0v) is 18.9. The van der Waals surface area contributed by atoms with E-state index in [4.69, 9.17) is 4.74 Å². The minimum Gasteiger partial charge on any atom is -0.488 e. The van der Waals surface area contributed by atoms with Crippen LogP contribution in [0.15, 0.2) is 72.3 Å². The van der Waals surface area contributed by atoms with Gasteiger partial charge in [0.05, 0.1) is 3.57 Å². The Labute approximate surface area is 190 Å². The smallest absolute Gasteiger partial charge is 0.266 e. The second-order valence-electron chi connectivity index (χ2n) is 6.89. The Balaban J connectivity index is 1.71. The van der Waals surface area contributed by atoms with Crippen LogP contribution in [0.3, 0.4) is 0 Å². The average molecular weight is 508 g/mol. The van der Waals surface area contributed by atoms with Crippen molar-refractivity contribution >= 4 is 40.3 Å². The van der Waals surface area contributed by atoms with Crippen molar-refractivity contribution in [2.45, 2.75) is 20.5 Å². The predicted octanol–water partition coefficient (Wildman–Crippen LogP) is 6.03. The number of nitrogens with zero attached hydrogens (tertiary/aromatic N) is 1. The monoisotopic (exact) mass is 508 g/mol. The van der Waals surface area contributed by atoms with Crippen molar-refractivity contribution in [1.29, 1.82) is 5.26 Å². The molecule has 1 amide bonds. The van der Waals surface area contributed by atoms with Crippen LogP contribution in [0.1, 0.15) is 22.3 Å². The molecule has 0 aliphatic carbocycles. The Morgan fingerprint density at radius 3 is 2.50 bits per heavy atom. The lowest BCUT2D eigenvalue weighted by Crippen LogP contribution is -2.13. The highest BCUT2D eigenvalue weighted by atomic mass is 127. The number of anilines is 1. The summed E-state index contributed by atoms with van der Waals surface area (Å²) in [6, 6.07) is 23.2. The highest BCUT2D eigenvalue weighted by molar-refractivity contribution is 14.1. The van der Waals surface area contributed by atoms with Gasteiger partial charge in [0.1, 0.15) is 24.0 Å². The number of nitriles is 1. The third-order valence-electron chi connectivity index (χ3n) is 4.63. The molecule has 0 fully saturated rings. The van der Waals surface area contributed by atoms with Crippen LogP contribution in [0, 0.1) is 28.7 Å². The van der Waals surface area contributed by atoms with E-state index < -0.39 is 5.91 Å². The van der Waals surface area contributed by atoms with Crippen LogP contribution in [0.5, 0.6) is 5.75 Å². The van der Waals surface area contributed by atoms with Gasteiger partial charge in [-0.15, -0.1) is 0 Å². The molecule has 0 spiro atoms. The minimum absolute atomic E-state index is 0.0435. The van der Waals surface area contributed by atoms with Crippen LogP contribution in [0.25, 0.3) is 6.08 Å². The van der Waals surface area contributed by atoms with E-state index in [-0.39, 0.29) is 5.57 Å². The summed E-state index contributed by atoms with van der Waals surface area (Å²) in [7, 11) is 0. The van der Waals surface area contributed by atoms with Crippen LogP contribution >= 0.6 is 22.6 Å². The van der Waals surface area contributed by atoms with Gasteiger partial charge in [0.15, 0.2) is 0 Å². The maximum atomic E-state index is 12.5. The lowest BCUT2D eigenvalue weighted by Gasteiger charge is -2.09. The zero-order chi connectivity index (χ0) is 21.5. The standard InChI is InChI=1S/C25H21IN2O2/c1-17-8-10-22(12-18(17)2)28-25(29)21(15-27)13-20-9-11-24(23(26)14-20)30-16-19-6-4-3-5-7-19/h3-14H,16H2,1-2H3,(H,28,29)/b21-13+. The van der Waals surface area contributed by atoms with Crippen LogP contribution in [0.4, 0.5) is 5.69 Å². The molecule has 150 valence electrons. The maximum absolute atomic E-state index is 12.5. The first kappa shape index (κ1) is 21.6. The lowest BCUT2D eigenvalue weighted by molar-refractivity contribution is -0.112. The highest BCUT2D eigenvalue weighted by Gasteiger charge is 2.11. The number of halogens is 1. The van der Waals surface area contributed by atoms with Crippen molar-refractivity contribution in [3.05, 3.63) is 98.1 Å². The summed E-state index contributed by atoms with van der Waals surface area (Å²) in [6.45, 7) is 4.47. The van der Waals surface area contributed by atoms with Gasteiger partial charge in [-0.1, -0.05) is 42.5 Å². The molecule has 1 N–H and O–H groups in total. The molecule has 0 aromatic heterocycles. The van der Waals surface area contributed by atoms with Crippen molar-refractivity contribution in [2.75, 3.05) is 5.32 Å². The van der Waals surface area contributed by atoms with Crippen LogP contribution in [0.2, 0.25) is 0 Å². The molecule has 30 heavy (non-hydrogen) atoms. The first-order chi connectivity index (χ1) is 14.5. The van der Waals surface area contributed by atoms with Crippen LogP contribution in [-0.2, 0) is 11.4 Å². The molecule has 3 rings (SSSR count). The molecule has 0 aliphatic heterocycles. The number of hydrogen-bond donors (Lipinski definition) is 1. The summed E-state index contributed by atoms with van der Waals surface area (Å²) in [5.41, 5.74) is 4.79. The Morgan fingerprint density at radius 1 is 1.07 bits per heavy atom. The summed E-state index contributed by atoms with van der Waals surface area (Å²) in [5.74, 6) is 0.329. The fourth-order valence-electron chi connectivity index (χ4n) is 2.79. The van der Waals surface area contributed by atoms with Gasteiger partial charge in [0, 0.05) is 5.69 Å². The van der Waals surface area contributed by atoms with Gasteiger partial charge in [-0.25, -0.2) is 0 Å². The molecule has 0 heterocycles. The van der Waals surface area contributed by atoms with Crippen molar-refractivity contribution in [3.8, 4) is 11.8 Å². The fraction of sp³-hybridized carbons (Fsp3) is 0.120. The maximum Gasteiger partial charge on any atom is 0.266 e. The molecule has 0 saturated carbocycles. The molecule has 4 nitrogen and oxygen atoms in total. The summed E-state index contributed by atoms with van der Waals surface area (Å²) in [5, 5.41) is 12.3. The number of nitrogens with one attached hydrogen (secondary N) is 1. The molecule has 0 saturated heterocycles. The van der Waals surface area contributed by atoms with Crippen LogP contribution < -0.4 is 10.1 Å². The molecular formula is C25H21IN2O2. The second kappa shape index (κ2) is 10.1. The Hall–Kier alpha value is -3.11. The molecule has 0 unspecified atom stereocenters. The number of rotatable bonds is 6. The third kappa shape index (κ3) is 5.71. The predicted molar refractivity (Wildman–Crippen MR) is 128 cm³/mol. The minimum atomic E-state index is -0.430. The number of benzene rings is 3.